The maximum absolute atomic E-state index is 12.6. The zero-order valence-electron chi connectivity index (χ0n) is 12.0. The fraction of sp³-hybridized carbons (Fsp3) is 0.643. The molecule has 2 rings (SSSR count). The van der Waals surface area contributed by atoms with Crippen LogP contribution in [0.2, 0.25) is 0 Å². The Bertz CT molecular complexity index is 498. The Balaban J connectivity index is 2.02. The number of aryl methyl sites for hydroxylation is 1. The van der Waals surface area contributed by atoms with Gasteiger partial charge >= 0.3 is 0 Å². The summed E-state index contributed by atoms with van der Waals surface area (Å²) < 4.78 is 26.8. The van der Waals surface area contributed by atoms with Crippen molar-refractivity contribution < 1.29 is 8.42 Å². The molecule has 6 heteroatoms. The largest absolute Gasteiger partial charge is 0.315 e. The first-order chi connectivity index (χ1) is 9.63. The topological polar surface area (TPSA) is 62.3 Å². The molecule has 1 aromatic rings. The minimum Gasteiger partial charge on any atom is -0.315 e. The van der Waals surface area contributed by atoms with Crippen molar-refractivity contribution in [2.45, 2.75) is 32.2 Å². The molecule has 2 heterocycles. The predicted molar refractivity (Wildman–Crippen MR) is 80.0 cm³/mol. The molecule has 0 bridgehead atoms. The maximum atomic E-state index is 12.6. The lowest BCUT2D eigenvalue weighted by Crippen LogP contribution is -2.43. The molecule has 0 saturated carbocycles. The molecule has 0 spiro atoms. The van der Waals surface area contributed by atoms with E-state index in [0.29, 0.717) is 13.0 Å². The summed E-state index contributed by atoms with van der Waals surface area (Å²) in [6, 6.07) is 3.87. The van der Waals surface area contributed by atoms with Crippen LogP contribution in [0.25, 0.3) is 0 Å². The highest BCUT2D eigenvalue weighted by Crippen LogP contribution is 2.16. The van der Waals surface area contributed by atoms with Gasteiger partial charge in [0.05, 0.1) is 5.75 Å². The van der Waals surface area contributed by atoms with E-state index in [1.807, 2.05) is 19.1 Å². The Morgan fingerprint density at radius 1 is 1.40 bits per heavy atom. The quantitative estimate of drug-likeness (QED) is 0.816. The minimum absolute atomic E-state index is 0.123. The van der Waals surface area contributed by atoms with E-state index in [-0.39, 0.29) is 11.8 Å². The van der Waals surface area contributed by atoms with Gasteiger partial charge in [0.15, 0.2) is 0 Å². The van der Waals surface area contributed by atoms with E-state index in [4.69, 9.17) is 0 Å². The van der Waals surface area contributed by atoms with Crippen molar-refractivity contribution in [2.24, 2.45) is 0 Å². The normalized spacial score (nSPS) is 19.6. The van der Waals surface area contributed by atoms with Gasteiger partial charge in [-0.1, -0.05) is 6.92 Å². The lowest BCUT2D eigenvalue weighted by atomic mass is 10.2. The first-order valence-corrected chi connectivity index (χ1v) is 8.83. The van der Waals surface area contributed by atoms with Gasteiger partial charge in [0, 0.05) is 31.5 Å². The smallest absolute Gasteiger partial charge is 0.214 e. The SMILES string of the molecule is CCCN(C1CCNC1)S(=O)(=O)CCc1ccncc1. The summed E-state index contributed by atoms with van der Waals surface area (Å²) >= 11 is 0. The van der Waals surface area contributed by atoms with Crippen molar-refractivity contribution >= 4 is 10.0 Å². The van der Waals surface area contributed by atoms with Gasteiger partial charge in [-0.25, -0.2) is 8.42 Å². The first kappa shape index (κ1) is 15.4. The zero-order valence-corrected chi connectivity index (χ0v) is 12.8. The van der Waals surface area contributed by atoms with Gasteiger partial charge in [-0.05, 0) is 43.5 Å². The molecule has 1 saturated heterocycles. The summed E-state index contributed by atoms with van der Waals surface area (Å²) in [6.07, 6.45) is 5.71. The van der Waals surface area contributed by atoms with Crippen molar-refractivity contribution in [1.29, 1.82) is 0 Å². The van der Waals surface area contributed by atoms with Gasteiger partial charge in [0.2, 0.25) is 10.0 Å². The van der Waals surface area contributed by atoms with Gasteiger partial charge in [0.25, 0.3) is 0 Å². The second kappa shape index (κ2) is 7.15. The van der Waals surface area contributed by atoms with E-state index in [0.717, 1.165) is 31.5 Å². The number of sulfonamides is 1. The number of nitrogens with one attached hydrogen (secondary N) is 1. The van der Waals surface area contributed by atoms with E-state index < -0.39 is 10.0 Å². The monoisotopic (exact) mass is 297 g/mol. The second-order valence-corrected chi connectivity index (χ2v) is 7.22. The Hall–Kier alpha value is -0.980. The summed E-state index contributed by atoms with van der Waals surface area (Å²) in [7, 11) is -3.19. The lowest BCUT2D eigenvalue weighted by molar-refractivity contribution is 0.335. The third kappa shape index (κ3) is 4.01. The molecule has 0 aromatic carbocycles. The second-order valence-electron chi connectivity index (χ2n) is 5.18. The Morgan fingerprint density at radius 2 is 2.15 bits per heavy atom. The number of hydrogen-bond acceptors (Lipinski definition) is 4. The highest BCUT2D eigenvalue weighted by molar-refractivity contribution is 7.89. The van der Waals surface area contributed by atoms with Gasteiger partial charge in [-0.2, -0.15) is 4.31 Å². The molecule has 1 aliphatic heterocycles. The van der Waals surface area contributed by atoms with E-state index in [1.165, 1.54) is 0 Å². The van der Waals surface area contributed by atoms with Crippen molar-refractivity contribution in [3.8, 4) is 0 Å². The lowest BCUT2D eigenvalue weighted by Gasteiger charge is -2.27. The molecule has 1 unspecified atom stereocenters. The fourth-order valence-electron chi connectivity index (χ4n) is 2.57. The minimum atomic E-state index is -3.19. The highest BCUT2D eigenvalue weighted by Gasteiger charge is 2.30. The Labute approximate surface area is 121 Å². The van der Waals surface area contributed by atoms with E-state index in [9.17, 15) is 8.42 Å². The van der Waals surface area contributed by atoms with Crippen molar-refractivity contribution in [2.75, 3.05) is 25.4 Å². The summed E-state index contributed by atoms with van der Waals surface area (Å²) in [5.41, 5.74) is 1.02. The standard InChI is InChI=1S/C14H23N3O2S/c1-2-10-17(14-5-9-16-12-14)20(18,19)11-6-13-3-7-15-8-4-13/h3-4,7-8,14,16H,2,5-6,9-12H2,1H3. The molecule has 0 radical (unpaired) electrons. The number of nitrogens with zero attached hydrogens (tertiary/aromatic N) is 2. The molecule has 1 N–H and O–H groups in total. The Kier molecular flexibility index (Phi) is 5.51. The van der Waals surface area contributed by atoms with Crippen LogP contribution in [0.3, 0.4) is 0 Å². The van der Waals surface area contributed by atoms with Crippen molar-refractivity contribution in [1.82, 2.24) is 14.6 Å². The van der Waals surface area contributed by atoms with Crippen LogP contribution < -0.4 is 5.32 Å². The van der Waals surface area contributed by atoms with Crippen molar-refractivity contribution in [3.05, 3.63) is 30.1 Å². The maximum Gasteiger partial charge on any atom is 0.214 e. The average molecular weight is 297 g/mol. The molecule has 5 nitrogen and oxygen atoms in total. The number of hydrogen-bond donors (Lipinski definition) is 1. The summed E-state index contributed by atoms with van der Waals surface area (Å²) in [4.78, 5) is 3.95. The molecule has 0 aliphatic carbocycles. The highest BCUT2D eigenvalue weighted by atomic mass is 32.2. The summed E-state index contributed by atoms with van der Waals surface area (Å²) in [5.74, 6) is 0.174. The molecule has 0 amide bonds. The van der Waals surface area contributed by atoms with Gasteiger partial charge in [-0.15, -0.1) is 0 Å². The molecule has 1 aliphatic rings. The van der Waals surface area contributed by atoms with Crippen LogP contribution >= 0.6 is 0 Å². The molecule has 1 atom stereocenters. The van der Waals surface area contributed by atoms with E-state index in [2.05, 4.69) is 10.3 Å². The van der Waals surface area contributed by atoms with Crippen LogP contribution in [-0.4, -0.2) is 49.1 Å². The van der Waals surface area contributed by atoms with Crippen molar-refractivity contribution in [3.63, 3.8) is 0 Å². The zero-order chi connectivity index (χ0) is 14.4. The molecule has 20 heavy (non-hydrogen) atoms. The fourth-order valence-corrected chi connectivity index (χ4v) is 4.39. The summed E-state index contributed by atoms with van der Waals surface area (Å²) in [5, 5.41) is 3.24. The molecule has 1 fully saturated rings. The molecular weight excluding hydrogens is 274 g/mol. The molecule has 112 valence electrons. The van der Waals surface area contributed by atoms with Crippen LogP contribution in [-0.2, 0) is 16.4 Å². The van der Waals surface area contributed by atoms with Crippen LogP contribution in [0, 0.1) is 0 Å². The van der Waals surface area contributed by atoms with Gasteiger partial charge in [0.1, 0.15) is 0 Å². The van der Waals surface area contributed by atoms with Gasteiger partial charge in [-0.3, -0.25) is 4.98 Å². The third-order valence-corrected chi connectivity index (χ3v) is 5.56. The number of rotatable bonds is 7. The predicted octanol–water partition coefficient (Wildman–Crippen LogP) is 1.03. The van der Waals surface area contributed by atoms with Gasteiger partial charge < -0.3 is 5.32 Å². The first-order valence-electron chi connectivity index (χ1n) is 7.22. The average Bonchev–Trinajstić information content (AvgIpc) is 2.97. The van der Waals surface area contributed by atoms with E-state index in [1.54, 1.807) is 16.7 Å². The van der Waals surface area contributed by atoms with Crippen LogP contribution in [0.5, 0.6) is 0 Å². The number of aromatic nitrogens is 1. The van der Waals surface area contributed by atoms with Crippen LogP contribution in [0.4, 0.5) is 0 Å². The number of pyridine rings is 1. The summed E-state index contributed by atoms with van der Waals surface area (Å²) in [6.45, 7) is 4.32. The van der Waals surface area contributed by atoms with E-state index >= 15 is 0 Å². The molecule has 1 aromatic heterocycles. The Morgan fingerprint density at radius 3 is 2.75 bits per heavy atom. The molecular formula is C14H23N3O2S. The third-order valence-electron chi connectivity index (χ3n) is 3.64. The van der Waals surface area contributed by atoms with Crippen LogP contribution in [0.1, 0.15) is 25.3 Å². The van der Waals surface area contributed by atoms with Crippen LogP contribution in [0.15, 0.2) is 24.5 Å².